The molecule has 0 bridgehead atoms. The van der Waals surface area contributed by atoms with Crippen LogP contribution in [0.5, 0.6) is 0 Å². The van der Waals surface area contributed by atoms with Crippen LogP contribution in [0.3, 0.4) is 0 Å². The lowest BCUT2D eigenvalue weighted by molar-refractivity contribution is -0.393. The van der Waals surface area contributed by atoms with E-state index in [2.05, 4.69) is 5.32 Å². The Morgan fingerprint density at radius 2 is 1.89 bits per heavy atom. The number of rotatable bonds is 8. The molecule has 146 valence electrons. The van der Waals surface area contributed by atoms with Crippen LogP contribution in [-0.4, -0.2) is 22.4 Å². The predicted octanol–water partition coefficient (Wildman–Crippen LogP) is 3.78. The van der Waals surface area contributed by atoms with E-state index in [1.807, 2.05) is 0 Å². The van der Waals surface area contributed by atoms with Gasteiger partial charge in [-0.25, -0.2) is 4.79 Å². The van der Waals surface area contributed by atoms with Crippen LogP contribution < -0.4 is 5.32 Å². The number of anilines is 1. The lowest BCUT2D eigenvalue weighted by Crippen LogP contribution is -2.06. The average molecular weight is 386 g/mol. The molecule has 0 aromatic heterocycles. The fraction of sp³-hybridized carbons (Fsp3) is 0.222. The summed E-state index contributed by atoms with van der Waals surface area (Å²) < 4.78 is 4.77. The Bertz CT molecular complexity index is 924. The van der Waals surface area contributed by atoms with Crippen molar-refractivity contribution in [1.82, 2.24) is 0 Å². The maximum atomic E-state index is 11.6. The van der Waals surface area contributed by atoms with Gasteiger partial charge in [0.25, 0.3) is 11.4 Å². The largest absolute Gasteiger partial charge is 0.462 e. The number of nitrogens with one attached hydrogen (secondary N) is 1. The number of hydrogen-bond acceptors (Lipinski definition) is 8. The molecule has 0 saturated carbocycles. The van der Waals surface area contributed by atoms with E-state index in [1.165, 1.54) is 18.3 Å². The lowest BCUT2D eigenvalue weighted by atomic mass is 10.1. The van der Waals surface area contributed by atoms with E-state index < -0.39 is 21.5 Å². The average Bonchev–Trinajstić information content (AvgIpc) is 2.64. The second kappa shape index (κ2) is 10.2. The summed E-state index contributed by atoms with van der Waals surface area (Å²) in [5.74, 6) is -0.723. The molecule has 10 heteroatoms. The predicted molar refractivity (Wildman–Crippen MR) is 101 cm³/mol. The SMILES string of the molecule is CCOC(=O)\C(C#N)=C/C(C)=C/C(C)=C/Nc1ccc([N+](=O)[O-])cc1[N+](=O)[O-]. The van der Waals surface area contributed by atoms with Gasteiger partial charge in [-0.05, 0) is 44.1 Å². The molecular weight excluding hydrogens is 368 g/mol. The Hall–Kier alpha value is -4.00. The van der Waals surface area contributed by atoms with E-state index in [9.17, 15) is 25.0 Å². The Morgan fingerprint density at radius 3 is 2.43 bits per heavy atom. The molecule has 0 unspecified atom stereocenters. The molecule has 0 aliphatic heterocycles. The van der Waals surface area contributed by atoms with E-state index in [-0.39, 0.29) is 23.6 Å². The molecule has 1 rings (SSSR count). The molecular formula is C18H18N4O6. The number of hydrogen-bond donors (Lipinski definition) is 1. The van der Waals surface area contributed by atoms with Crippen molar-refractivity contribution in [3.05, 3.63) is 73.5 Å². The van der Waals surface area contributed by atoms with Gasteiger partial charge >= 0.3 is 5.97 Å². The third-order valence-electron chi connectivity index (χ3n) is 3.29. The first-order valence-corrected chi connectivity index (χ1v) is 8.03. The molecule has 1 N–H and O–H groups in total. The van der Waals surface area contributed by atoms with Gasteiger partial charge in [-0.1, -0.05) is 6.08 Å². The fourth-order valence-electron chi connectivity index (χ4n) is 2.11. The minimum Gasteiger partial charge on any atom is -0.462 e. The summed E-state index contributed by atoms with van der Waals surface area (Å²) in [5.41, 5.74) is 0.318. The summed E-state index contributed by atoms with van der Waals surface area (Å²) in [6.07, 6.45) is 4.46. The van der Waals surface area contributed by atoms with Crippen LogP contribution in [0.2, 0.25) is 0 Å². The monoisotopic (exact) mass is 386 g/mol. The number of nitriles is 1. The molecule has 0 spiro atoms. The van der Waals surface area contributed by atoms with Gasteiger partial charge in [-0.15, -0.1) is 0 Å². The van der Waals surface area contributed by atoms with Gasteiger partial charge < -0.3 is 10.1 Å². The zero-order chi connectivity index (χ0) is 21.3. The molecule has 28 heavy (non-hydrogen) atoms. The highest BCUT2D eigenvalue weighted by Gasteiger charge is 2.18. The minimum atomic E-state index is -0.723. The number of carbonyl (C=O) groups is 1. The highest BCUT2D eigenvalue weighted by atomic mass is 16.6. The number of nitrogens with zero attached hydrogens (tertiary/aromatic N) is 3. The van der Waals surface area contributed by atoms with Gasteiger partial charge in [0.1, 0.15) is 17.3 Å². The Morgan fingerprint density at radius 1 is 1.21 bits per heavy atom. The van der Waals surface area contributed by atoms with Crippen LogP contribution in [0.25, 0.3) is 0 Å². The van der Waals surface area contributed by atoms with E-state index >= 15 is 0 Å². The third-order valence-corrected chi connectivity index (χ3v) is 3.29. The highest BCUT2D eigenvalue weighted by molar-refractivity contribution is 5.93. The number of ether oxygens (including phenoxy) is 1. The normalized spacial score (nSPS) is 12.1. The lowest BCUT2D eigenvalue weighted by Gasteiger charge is -2.04. The first kappa shape index (κ1) is 22.0. The molecule has 0 radical (unpaired) electrons. The Labute approximate surface area is 160 Å². The zero-order valence-electron chi connectivity index (χ0n) is 15.5. The Kier molecular flexibility index (Phi) is 8.05. The van der Waals surface area contributed by atoms with Crippen LogP contribution in [0.15, 0.2) is 53.3 Å². The van der Waals surface area contributed by atoms with Crippen molar-refractivity contribution in [2.24, 2.45) is 0 Å². The number of nitro benzene ring substituents is 2. The molecule has 0 heterocycles. The van der Waals surface area contributed by atoms with E-state index in [0.29, 0.717) is 11.1 Å². The smallest absolute Gasteiger partial charge is 0.348 e. The first-order valence-electron chi connectivity index (χ1n) is 8.03. The van der Waals surface area contributed by atoms with Gasteiger partial charge in [0.05, 0.1) is 22.5 Å². The Balaban J connectivity index is 3.05. The van der Waals surface area contributed by atoms with Crippen LogP contribution in [0.1, 0.15) is 20.8 Å². The van der Waals surface area contributed by atoms with Gasteiger partial charge in [-0.2, -0.15) is 5.26 Å². The standard InChI is InChI=1S/C18H18N4O6/c1-4-28-18(23)14(10-19)8-12(2)7-13(3)11-20-16-6-5-15(21(24)25)9-17(16)22(26)27/h5-9,11,20H,4H2,1-3H3/b12-7+,13-11+,14-8-. The number of carbonyl (C=O) groups excluding carboxylic acids is 1. The maximum Gasteiger partial charge on any atom is 0.348 e. The maximum absolute atomic E-state index is 11.6. The molecule has 0 fully saturated rings. The third kappa shape index (κ3) is 6.38. The fourth-order valence-corrected chi connectivity index (χ4v) is 2.11. The quantitative estimate of drug-likeness (QED) is 0.177. The number of benzene rings is 1. The van der Waals surface area contributed by atoms with Crippen LogP contribution >= 0.6 is 0 Å². The topological polar surface area (TPSA) is 148 Å². The van der Waals surface area contributed by atoms with E-state index in [0.717, 1.165) is 12.1 Å². The van der Waals surface area contributed by atoms with E-state index in [1.54, 1.807) is 32.9 Å². The molecule has 0 aliphatic carbocycles. The highest BCUT2D eigenvalue weighted by Crippen LogP contribution is 2.29. The van der Waals surface area contributed by atoms with Crippen molar-refractivity contribution in [3.8, 4) is 6.07 Å². The molecule has 10 nitrogen and oxygen atoms in total. The summed E-state index contributed by atoms with van der Waals surface area (Å²) in [6.45, 7) is 5.14. The van der Waals surface area contributed by atoms with Crippen LogP contribution in [0, 0.1) is 31.6 Å². The summed E-state index contributed by atoms with van der Waals surface area (Å²) in [5, 5.41) is 33.6. The summed E-state index contributed by atoms with van der Waals surface area (Å²) >= 11 is 0. The molecule has 0 aliphatic rings. The van der Waals surface area contributed by atoms with Crippen LogP contribution in [-0.2, 0) is 9.53 Å². The van der Waals surface area contributed by atoms with Crippen molar-refractivity contribution < 1.29 is 19.4 Å². The van der Waals surface area contributed by atoms with Crippen molar-refractivity contribution in [2.45, 2.75) is 20.8 Å². The second-order valence-electron chi connectivity index (χ2n) is 5.53. The first-order chi connectivity index (χ1) is 13.2. The second-order valence-corrected chi connectivity index (χ2v) is 5.53. The van der Waals surface area contributed by atoms with Crippen molar-refractivity contribution >= 4 is 23.0 Å². The molecule has 0 saturated heterocycles. The van der Waals surface area contributed by atoms with Gasteiger partial charge in [-0.3, -0.25) is 20.2 Å². The minimum absolute atomic E-state index is 0.0841. The van der Waals surface area contributed by atoms with E-state index in [4.69, 9.17) is 10.00 Å². The number of allylic oxidation sites excluding steroid dienone is 4. The van der Waals surface area contributed by atoms with Gasteiger partial charge in [0.2, 0.25) is 0 Å². The van der Waals surface area contributed by atoms with Gasteiger partial charge in [0, 0.05) is 12.3 Å². The van der Waals surface area contributed by atoms with Crippen molar-refractivity contribution in [2.75, 3.05) is 11.9 Å². The molecule has 0 atom stereocenters. The zero-order valence-corrected chi connectivity index (χ0v) is 15.5. The molecule has 0 amide bonds. The number of non-ortho nitro benzene ring substituents is 1. The van der Waals surface area contributed by atoms with Crippen molar-refractivity contribution in [3.63, 3.8) is 0 Å². The molecule has 1 aromatic carbocycles. The summed E-state index contributed by atoms with van der Waals surface area (Å²) in [4.78, 5) is 32.0. The summed E-state index contributed by atoms with van der Waals surface area (Å²) in [7, 11) is 0. The van der Waals surface area contributed by atoms with Gasteiger partial charge in [0.15, 0.2) is 0 Å². The number of nitro groups is 2. The summed E-state index contributed by atoms with van der Waals surface area (Å²) in [6, 6.07) is 5.03. The number of esters is 1. The van der Waals surface area contributed by atoms with Crippen molar-refractivity contribution in [1.29, 1.82) is 5.26 Å². The molecule has 1 aromatic rings. The van der Waals surface area contributed by atoms with Crippen LogP contribution in [0.4, 0.5) is 17.1 Å².